The molecule has 1 saturated heterocycles. The summed E-state index contributed by atoms with van der Waals surface area (Å²) < 4.78 is 38.0. The fourth-order valence-corrected chi connectivity index (χ4v) is 14.4. The summed E-state index contributed by atoms with van der Waals surface area (Å²) in [6.45, 7) is 13.7. The van der Waals surface area contributed by atoms with E-state index < -0.39 is 134 Å². The van der Waals surface area contributed by atoms with Crippen LogP contribution in [0.5, 0.6) is 0 Å². The van der Waals surface area contributed by atoms with Crippen LogP contribution in [0, 0.1) is 16.7 Å². The molecule has 376 valence electrons. The van der Waals surface area contributed by atoms with E-state index >= 15 is 9.59 Å². The Morgan fingerprint density at radius 2 is 1.36 bits per heavy atom. The lowest BCUT2D eigenvalue weighted by Gasteiger charge is -2.68. The number of hydrogen-bond donors (Lipinski definition) is 4. The Labute approximate surface area is 409 Å². The molecule has 2 bridgehead atoms. The molecule has 1 aliphatic heterocycles. The Morgan fingerprint density at radius 1 is 0.800 bits per heavy atom. The van der Waals surface area contributed by atoms with Crippen LogP contribution in [0.3, 0.4) is 0 Å². The van der Waals surface area contributed by atoms with E-state index in [-0.39, 0.29) is 16.7 Å². The number of fused-ring (bicyclic) bond motifs is 5. The van der Waals surface area contributed by atoms with Crippen molar-refractivity contribution >= 4 is 43.9 Å². The van der Waals surface area contributed by atoms with Crippen LogP contribution in [0.4, 0.5) is 0 Å². The maximum Gasteiger partial charge on any atom is 0.338 e. The number of carbonyl (C=O) groups is 6. The second kappa shape index (κ2) is 19.9. The van der Waals surface area contributed by atoms with Gasteiger partial charge in [0.1, 0.15) is 30.0 Å². The first-order valence-corrected chi connectivity index (χ1v) is 26.5. The van der Waals surface area contributed by atoms with Gasteiger partial charge in [-0.05, 0) is 73.0 Å². The standard InChI is InChI=1S/C53H65NO15Si/c1-10-70(11-2,12-3)69-41(38(33-22-16-13-17-23-33)54-47(60)34-24-18-14-19-25-34)49(62)66-36-28-53(63)46(67-48(61)35-26-20-15-21-27-35)42-51(9,43(58)39(57)45-52(42,29-64-45)68-32(6)56)44(59)40(65-31(5)55)37(30(36)4)50(53,7)8/h13-27,36,38-43,45-46,57-58,63H,10-12,28-29H2,1-9H3,(H,54,60)/t36-,38-,39+,40+,41+,42?,43-,45+,46?,51-,52+,53+/m0/s1. The number of carbonyl (C=O) groups excluding carboxylic acids is 6. The van der Waals surface area contributed by atoms with Gasteiger partial charge in [-0.15, -0.1) is 0 Å². The zero-order chi connectivity index (χ0) is 51.1. The van der Waals surface area contributed by atoms with E-state index in [4.69, 9.17) is 28.1 Å². The van der Waals surface area contributed by atoms with Gasteiger partial charge in [-0.2, -0.15) is 0 Å². The topological polar surface area (TPSA) is 231 Å². The Hall–Kier alpha value is -5.56. The summed E-state index contributed by atoms with van der Waals surface area (Å²) in [6, 6.07) is 25.9. The van der Waals surface area contributed by atoms with Crippen LogP contribution in [0.25, 0.3) is 0 Å². The molecule has 70 heavy (non-hydrogen) atoms. The maximum atomic E-state index is 15.8. The van der Waals surface area contributed by atoms with E-state index in [2.05, 4.69) is 5.32 Å². The molecular formula is C53H65NO15Si. The predicted molar refractivity (Wildman–Crippen MR) is 255 cm³/mol. The summed E-state index contributed by atoms with van der Waals surface area (Å²) in [5.74, 6) is -6.88. The highest BCUT2D eigenvalue weighted by atomic mass is 28.4. The fraction of sp³-hybridized carbons (Fsp3) is 0.509. The first kappa shape index (κ1) is 52.3. The third kappa shape index (κ3) is 8.82. The molecule has 17 heteroatoms. The van der Waals surface area contributed by atoms with Gasteiger partial charge in [0.2, 0.25) is 0 Å². The maximum absolute atomic E-state index is 15.8. The van der Waals surface area contributed by atoms with E-state index in [0.717, 1.165) is 13.8 Å². The van der Waals surface area contributed by atoms with Crippen molar-refractivity contribution in [1.29, 1.82) is 0 Å². The smallest absolute Gasteiger partial charge is 0.338 e. The molecule has 0 radical (unpaired) electrons. The summed E-state index contributed by atoms with van der Waals surface area (Å²) in [6.07, 6.45) is -12.7. The summed E-state index contributed by atoms with van der Waals surface area (Å²) in [5.41, 5.74) is -7.46. The molecule has 2 saturated carbocycles. The van der Waals surface area contributed by atoms with Gasteiger partial charge in [0.25, 0.3) is 5.91 Å². The van der Waals surface area contributed by atoms with Crippen LogP contribution in [0.15, 0.2) is 102 Å². The van der Waals surface area contributed by atoms with Gasteiger partial charge in [0, 0.05) is 31.2 Å². The van der Waals surface area contributed by atoms with Gasteiger partial charge in [-0.1, -0.05) is 101 Å². The molecule has 16 nitrogen and oxygen atoms in total. The average molecular weight is 984 g/mol. The summed E-state index contributed by atoms with van der Waals surface area (Å²) in [7, 11) is -2.77. The van der Waals surface area contributed by atoms with Crippen molar-refractivity contribution in [3.8, 4) is 0 Å². The van der Waals surface area contributed by atoms with E-state index in [1.165, 1.54) is 19.1 Å². The Kier molecular flexibility index (Phi) is 14.9. The van der Waals surface area contributed by atoms with Gasteiger partial charge < -0.3 is 48.7 Å². The highest BCUT2D eigenvalue weighted by Crippen LogP contribution is 2.64. The Balaban J connectivity index is 1.45. The monoisotopic (exact) mass is 983 g/mol. The molecule has 0 aromatic heterocycles. The number of hydrogen-bond acceptors (Lipinski definition) is 15. The molecule has 3 aromatic rings. The molecule has 0 spiro atoms. The van der Waals surface area contributed by atoms with Crippen molar-refractivity contribution in [2.24, 2.45) is 16.7 Å². The number of ether oxygens (including phenoxy) is 5. The van der Waals surface area contributed by atoms with E-state index in [1.807, 2.05) is 20.8 Å². The lowest BCUT2D eigenvalue weighted by molar-refractivity contribution is -0.369. The minimum Gasteiger partial charge on any atom is -0.456 e. The summed E-state index contributed by atoms with van der Waals surface area (Å²) >= 11 is 0. The molecule has 4 N–H and O–H groups in total. The second-order valence-electron chi connectivity index (χ2n) is 19.8. The quantitative estimate of drug-likeness (QED) is 0.0616. The first-order chi connectivity index (χ1) is 33.1. The van der Waals surface area contributed by atoms with Crippen molar-refractivity contribution < 1.29 is 72.2 Å². The third-order valence-electron chi connectivity index (χ3n) is 15.8. The van der Waals surface area contributed by atoms with Gasteiger partial charge in [0.05, 0.1) is 35.6 Å². The lowest BCUT2D eigenvalue weighted by Crippen LogP contribution is -2.85. The van der Waals surface area contributed by atoms with E-state index in [1.54, 1.807) is 99.6 Å². The fourth-order valence-electron chi connectivity index (χ4n) is 11.7. The average Bonchev–Trinajstić information content (AvgIpc) is 3.33. The van der Waals surface area contributed by atoms with Crippen molar-refractivity contribution in [2.75, 3.05) is 6.61 Å². The molecular weight excluding hydrogens is 919 g/mol. The number of rotatable bonds is 15. The van der Waals surface area contributed by atoms with E-state index in [0.29, 0.717) is 29.3 Å². The highest BCUT2D eigenvalue weighted by Gasteiger charge is 2.80. The number of benzene rings is 3. The van der Waals surface area contributed by atoms with Crippen molar-refractivity contribution in [2.45, 2.75) is 147 Å². The molecule has 3 fully saturated rings. The van der Waals surface area contributed by atoms with Crippen molar-refractivity contribution in [3.05, 3.63) is 119 Å². The largest absolute Gasteiger partial charge is 0.456 e. The van der Waals surface area contributed by atoms with Crippen molar-refractivity contribution in [1.82, 2.24) is 5.32 Å². The molecule has 1 amide bonds. The lowest BCUT2D eigenvalue weighted by atomic mass is 9.44. The predicted octanol–water partition coefficient (Wildman–Crippen LogP) is 5.74. The Bertz CT molecular complexity index is 2490. The van der Waals surface area contributed by atoms with Gasteiger partial charge in [0.15, 0.2) is 31.9 Å². The van der Waals surface area contributed by atoms with Crippen LogP contribution in [-0.2, 0) is 47.3 Å². The number of nitrogens with one attached hydrogen (secondary N) is 1. The number of Topliss-reactive ketones (excluding diaryl/α,β-unsaturated/α-hetero) is 1. The van der Waals surface area contributed by atoms with Gasteiger partial charge in [-0.3, -0.25) is 19.2 Å². The summed E-state index contributed by atoms with van der Waals surface area (Å²) in [4.78, 5) is 86.3. The van der Waals surface area contributed by atoms with Crippen LogP contribution in [0.1, 0.15) is 101 Å². The number of amides is 1. The highest BCUT2D eigenvalue weighted by molar-refractivity contribution is 6.73. The van der Waals surface area contributed by atoms with Crippen LogP contribution in [0.2, 0.25) is 18.1 Å². The zero-order valence-electron chi connectivity index (χ0n) is 41.1. The minimum atomic E-state index is -2.77. The van der Waals surface area contributed by atoms with Crippen LogP contribution >= 0.6 is 0 Å². The SMILES string of the molecule is CC[Si](CC)(CC)O[C@@H](C(=O)O[C@H]1C[C@@]2(O)C(OC(=O)c3ccccc3)C3[C@](C)(C(=O)[C@H](OC(C)=O)C(=C1C)C2(C)C)[C@@H](O)[C@@H](O)[C@H]1OC[C@@]31OC(C)=O)[C@@H](NC(=O)c1ccccc1)c1ccccc1. The molecule has 12 atom stereocenters. The number of esters is 4. The van der Waals surface area contributed by atoms with Gasteiger partial charge >= 0.3 is 23.9 Å². The van der Waals surface area contributed by atoms with Crippen LogP contribution < -0.4 is 5.32 Å². The van der Waals surface area contributed by atoms with Crippen LogP contribution in [-0.4, -0.2) is 120 Å². The van der Waals surface area contributed by atoms with Crippen molar-refractivity contribution in [3.63, 3.8) is 0 Å². The van der Waals surface area contributed by atoms with E-state index in [9.17, 15) is 34.5 Å². The molecule has 1 heterocycles. The zero-order valence-corrected chi connectivity index (χ0v) is 42.1. The van der Waals surface area contributed by atoms with Gasteiger partial charge in [-0.25, -0.2) is 9.59 Å². The molecule has 7 rings (SSSR count). The molecule has 4 aliphatic rings. The Morgan fingerprint density at radius 3 is 1.87 bits per heavy atom. The second-order valence-corrected chi connectivity index (χ2v) is 24.5. The normalized spacial score (nSPS) is 30.9. The summed E-state index contributed by atoms with van der Waals surface area (Å²) in [5, 5.41) is 41.0. The third-order valence-corrected chi connectivity index (χ3v) is 20.4. The molecule has 3 aromatic carbocycles. The molecule has 2 unspecified atom stereocenters. The number of ketones is 1. The first-order valence-electron chi connectivity index (χ1n) is 23.9. The number of aliphatic hydroxyl groups is 3. The minimum absolute atomic E-state index is 0.0243. The number of aliphatic hydroxyl groups excluding tert-OH is 2. The molecule has 3 aliphatic carbocycles.